The van der Waals surface area contributed by atoms with Crippen molar-refractivity contribution < 1.29 is 13.2 Å². The summed E-state index contributed by atoms with van der Waals surface area (Å²) in [7, 11) is -3.80. The van der Waals surface area contributed by atoms with Gasteiger partial charge >= 0.3 is 0 Å². The van der Waals surface area contributed by atoms with Gasteiger partial charge in [0, 0.05) is 4.88 Å². The van der Waals surface area contributed by atoms with Gasteiger partial charge in [-0.05, 0) is 49.4 Å². The third-order valence-corrected chi connectivity index (χ3v) is 8.04. The van der Waals surface area contributed by atoms with Crippen molar-refractivity contribution in [3.8, 4) is 0 Å². The zero-order chi connectivity index (χ0) is 17.2. The number of aryl methyl sites for hydroxylation is 2. The van der Waals surface area contributed by atoms with Gasteiger partial charge in [0.2, 0.25) is 0 Å². The van der Waals surface area contributed by atoms with Gasteiger partial charge in [-0.15, -0.1) is 27.5 Å². The van der Waals surface area contributed by atoms with Crippen LogP contribution in [0, 0.1) is 0 Å². The molecule has 0 unspecified atom stereocenters. The fraction of sp³-hybridized carbons (Fsp3) is 0.400. The molecular weight excluding hydrogens is 388 g/mol. The van der Waals surface area contributed by atoms with Crippen LogP contribution in [0.3, 0.4) is 0 Å². The number of amides is 1. The van der Waals surface area contributed by atoms with Gasteiger partial charge in [0.15, 0.2) is 0 Å². The molecule has 0 aliphatic heterocycles. The molecule has 0 atom stereocenters. The van der Waals surface area contributed by atoms with Gasteiger partial charge in [-0.1, -0.05) is 24.4 Å². The zero-order valence-electron chi connectivity index (χ0n) is 12.8. The fourth-order valence-corrected chi connectivity index (χ4v) is 6.09. The quantitative estimate of drug-likeness (QED) is 0.762. The van der Waals surface area contributed by atoms with Crippen molar-refractivity contribution in [2.24, 2.45) is 0 Å². The van der Waals surface area contributed by atoms with Crippen molar-refractivity contribution in [3.63, 3.8) is 0 Å². The minimum Gasteiger partial charge on any atom is -0.273 e. The van der Waals surface area contributed by atoms with E-state index in [9.17, 15) is 13.2 Å². The predicted octanol–water partition coefficient (Wildman–Crippen LogP) is 3.75. The molecule has 0 aromatic carbocycles. The van der Waals surface area contributed by atoms with Crippen LogP contribution in [0.2, 0.25) is 4.34 Å². The maximum Gasteiger partial charge on any atom is 0.276 e. The normalized spacial score (nSPS) is 15.4. The van der Waals surface area contributed by atoms with E-state index in [0.717, 1.165) is 37.0 Å². The molecule has 5 nitrogen and oxygen atoms in total. The first-order valence-corrected chi connectivity index (χ1v) is 11.1. The van der Waals surface area contributed by atoms with Crippen LogP contribution in [0.4, 0.5) is 0 Å². The average molecular weight is 405 g/mol. The van der Waals surface area contributed by atoms with Crippen molar-refractivity contribution in [2.75, 3.05) is 0 Å². The zero-order valence-corrected chi connectivity index (χ0v) is 16.0. The largest absolute Gasteiger partial charge is 0.276 e. The molecule has 130 valence electrons. The number of fused-ring (bicyclic) bond motifs is 1. The van der Waals surface area contributed by atoms with E-state index in [1.165, 1.54) is 46.8 Å². The van der Waals surface area contributed by atoms with Gasteiger partial charge in [-0.3, -0.25) is 10.2 Å². The SMILES string of the molecule is O=C(NNS(=O)(=O)c1ccc(Cl)s1)c1cc2c(s1)CCCCCC2. The number of carbonyl (C=O) groups is 1. The van der Waals surface area contributed by atoms with Gasteiger partial charge in [-0.2, -0.15) is 0 Å². The molecule has 0 bridgehead atoms. The lowest BCUT2D eigenvalue weighted by Crippen LogP contribution is -2.40. The van der Waals surface area contributed by atoms with Crippen LogP contribution in [0.25, 0.3) is 0 Å². The van der Waals surface area contributed by atoms with E-state index < -0.39 is 15.9 Å². The highest BCUT2D eigenvalue weighted by molar-refractivity contribution is 7.91. The molecular formula is C15H17ClN2O3S3. The lowest BCUT2D eigenvalue weighted by molar-refractivity contribution is 0.0949. The van der Waals surface area contributed by atoms with E-state index >= 15 is 0 Å². The van der Waals surface area contributed by atoms with E-state index in [2.05, 4.69) is 10.3 Å². The standard InChI is InChI=1S/C15H17ClN2O3S3/c16-13-7-8-14(23-13)24(20,21)18-17-15(19)12-9-10-5-3-1-2-4-6-11(10)22-12/h7-9,18H,1-6H2,(H,17,19). The number of thiophene rings is 2. The Morgan fingerprint density at radius 2 is 1.83 bits per heavy atom. The number of halogens is 1. The lowest BCUT2D eigenvalue weighted by atomic mass is 10.00. The molecule has 2 aromatic rings. The Balaban J connectivity index is 1.68. The van der Waals surface area contributed by atoms with E-state index in [0.29, 0.717) is 9.21 Å². The summed E-state index contributed by atoms with van der Waals surface area (Å²) in [4.78, 5) is 16.2. The highest BCUT2D eigenvalue weighted by atomic mass is 35.5. The first kappa shape index (κ1) is 17.9. The Labute approximate surface area is 154 Å². The van der Waals surface area contributed by atoms with Crippen LogP contribution in [0.1, 0.15) is 45.8 Å². The maximum atomic E-state index is 12.3. The monoisotopic (exact) mass is 404 g/mol. The van der Waals surface area contributed by atoms with Gasteiger partial charge in [0.25, 0.3) is 15.9 Å². The molecule has 9 heteroatoms. The predicted molar refractivity (Wildman–Crippen MR) is 97.3 cm³/mol. The van der Waals surface area contributed by atoms with Crippen molar-refractivity contribution in [1.82, 2.24) is 10.3 Å². The Bertz CT molecular complexity index is 817. The maximum absolute atomic E-state index is 12.3. The molecule has 0 spiro atoms. The fourth-order valence-electron chi connectivity index (χ4n) is 2.62. The van der Waals surface area contributed by atoms with Crippen LogP contribution in [0.15, 0.2) is 22.4 Å². The molecule has 2 heterocycles. The number of carbonyl (C=O) groups excluding carboxylic acids is 1. The number of sulfonamides is 1. The van der Waals surface area contributed by atoms with Crippen LogP contribution in [-0.2, 0) is 22.9 Å². The molecule has 2 aromatic heterocycles. The Kier molecular flexibility index (Phi) is 5.61. The molecule has 0 saturated heterocycles. The van der Waals surface area contributed by atoms with Crippen LogP contribution < -0.4 is 10.3 Å². The van der Waals surface area contributed by atoms with Crippen molar-refractivity contribution in [1.29, 1.82) is 0 Å². The van der Waals surface area contributed by atoms with Gasteiger partial charge in [-0.25, -0.2) is 8.42 Å². The van der Waals surface area contributed by atoms with Crippen molar-refractivity contribution in [2.45, 2.75) is 42.7 Å². The van der Waals surface area contributed by atoms with Gasteiger partial charge < -0.3 is 0 Å². The molecule has 0 fully saturated rings. The summed E-state index contributed by atoms with van der Waals surface area (Å²) in [6.45, 7) is 0. The number of hydrogen-bond acceptors (Lipinski definition) is 5. The Morgan fingerprint density at radius 1 is 1.08 bits per heavy atom. The second kappa shape index (κ2) is 7.53. The summed E-state index contributed by atoms with van der Waals surface area (Å²) in [6.07, 6.45) is 6.70. The first-order valence-electron chi connectivity index (χ1n) is 7.65. The molecule has 0 saturated carbocycles. The second-order valence-electron chi connectivity index (χ2n) is 5.59. The topological polar surface area (TPSA) is 75.3 Å². The summed E-state index contributed by atoms with van der Waals surface area (Å²) < 4.78 is 24.6. The van der Waals surface area contributed by atoms with Crippen LogP contribution >= 0.6 is 34.3 Å². The smallest absolute Gasteiger partial charge is 0.273 e. The molecule has 1 aliphatic carbocycles. The third-order valence-electron chi connectivity index (χ3n) is 3.83. The summed E-state index contributed by atoms with van der Waals surface area (Å²) in [5, 5.41) is 0. The number of rotatable bonds is 4. The molecule has 3 rings (SSSR count). The summed E-state index contributed by atoms with van der Waals surface area (Å²) in [5.41, 5.74) is 3.50. The minimum atomic E-state index is -3.80. The second-order valence-corrected chi connectivity index (χ2v) is 10.4. The van der Waals surface area contributed by atoms with Gasteiger partial charge in [0.05, 0.1) is 9.21 Å². The Hall–Kier alpha value is -0.930. The Morgan fingerprint density at radius 3 is 2.54 bits per heavy atom. The average Bonchev–Trinajstić information content (AvgIpc) is 3.12. The van der Waals surface area contributed by atoms with Crippen molar-refractivity contribution >= 4 is 50.2 Å². The van der Waals surface area contributed by atoms with Crippen molar-refractivity contribution in [3.05, 3.63) is 37.9 Å². The van der Waals surface area contributed by atoms with Crippen LogP contribution in [-0.4, -0.2) is 14.3 Å². The molecule has 0 radical (unpaired) electrons. The number of hydrazine groups is 1. The van der Waals surface area contributed by atoms with E-state index in [-0.39, 0.29) is 4.21 Å². The van der Waals surface area contributed by atoms with Gasteiger partial charge in [0.1, 0.15) is 4.21 Å². The summed E-state index contributed by atoms with van der Waals surface area (Å²) in [5.74, 6) is -0.432. The molecule has 24 heavy (non-hydrogen) atoms. The molecule has 2 N–H and O–H groups in total. The molecule has 1 amide bonds. The summed E-state index contributed by atoms with van der Waals surface area (Å²) >= 11 is 8.14. The lowest BCUT2D eigenvalue weighted by Gasteiger charge is -2.07. The number of hydrogen-bond donors (Lipinski definition) is 2. The summed E-state index contributed by atoms with van der Waals surface area (Å²) in [6, 6.07) is 4.79. The number of nitrogens with one attached hydrogen (secondary N) is 2. The molecule has 1 aliphatic rings. The third kappa shape index (κ3) is 4.18. The highest BCUT2D eigenvalue weighted by Crippen LogP contribution is 2.28. The van der Waals surface area contributed by atoms with E-state index in [4.69, 9.17) is 11.6 Å². The highest BCUT2D eigenvalue weighted by Gasteiger charge is 2.20. The van der Waals surface area contributed by atoms with E-state index in [1.54, 1.807) is 0 Å². The van der Waals surface area contributed by atoms with E-state index in [1.807, 2.05) is 6.07 Å². The minimum absolute atomic E-state index is 0.0613. The van der Waals surface area contributed by atoms with Crippen LogP contribution in [0.5, 0.6) is 0 Å². The first-order chi connectivity index (χ1) is 11.5.